The molecule has 0 saturated heterocycles. The number of amides is 1. The molecule has 0 aliphatic carbocycles. The monoisotopic (exact) mass is 345 g/mol. The zero-order valence-electron chi connectivity index (χ0n) is 13.7. The molecule has 6 nitrogen and oxygen atoms in total. The molecule has 0 radical (unpaired) electrons. The molecule has 1 amide bonds. The molecular formula is C16H24ClNO5. The van der Waals surface area contributed by atoms with Gasteiger partial charge in [-0.1, -0.05) is 30.3 Å². The number of carbonyl (C=O) groups is 2. The van der Waals surface area contributed by atoms with Crippen LogP contribution in [0, 0.1) is 0 Å². The van der Waals surface area contributed by atoms with Gasteiger partial charge in [0, 0.05) is 0 Å². The van der Waals surface area contributed by atoms with Crippen LogP contribution in [0.4, 0.5) is 4.79 Å². The van der Waals surface area contributed by atoms with Gasteiger partial charge in [0.05, 0.1) is 11.7 Å². The molecule has 0 unspecified atom stereocenters. The standard InChI is InChI=1S/C16H23NO5.ClH/c1-11(22-16(2,3)4)13(14(18)19)17-15(20)21-10-12-8-6-5-7-9-12;/h5-9,11,13H,10H2,1-4H3,(H,17,20)(H,18,19);1H/t11-,13+;/m1./s1. The number of halogens is 1. The number of carboxylic acid groups (broad SMARTS) is 1. The zero-order valence-corrected chi connectivity index (χ0v) is 14.6. The molecule has 1 rings (SSSR count). The molecule has 1 aromatic rings. The normalized spacial score (nSPS) is 13.4. The first kappa shape index (κ1) is 21.2. The lowest BCUT2D eigenvalue weighted by atomic mass is 10.1. The SMILES string of the molecule is C[C@@H](OC(C)(C)C)[C@H](NC(=O)OCc1ccccc1)C(=O)O.Cl. The van der Waals surface area contributed by atoms with E-state index >= 15 is 0 Å². The number of nitrogens with one attached hydrogen (secondary N) is 1. The number of carbonyl (C=O) groups excluding carboxylic acids is 1. The summed E-state index contributed by atoms with van der Waals surface area (Å²) in [6.07, 6.45) is -1.48. The van der Waals surface area contributed by atoms with Crippen LogP contribution in [0.3, 0.4) is 0 Å². The third-order valence-electron chi connectivity index (χ3n) is 2.76. The second-order valence-corrected chi connectivity index (χ2v) is 5.96. The number of aliphatic carboxylic acids is 1. The topological polar surface area (TPSA) is 84.9 Å². The summed E-state index contributed by atoms with van der Waals surface area (Å²) in [6, 6.07) is 7.96. The first-order chi connectivity index (χ1) is 10.2. The van der Waals surface area contributed by atoms with Crippen molar-refractivity contribution < 1.29 is 24.2 Å². The van der Waals surface area contributed by atoms with E-state index in [0.717, 1.165) is 5.56 Å². The van der Waals surface area contributed by atoms with Gasteiger partial charge in [-0.3, -0.25) is 0 Å². The molecule has 0 aliphatic heterocycles. The second-order valence-electron chi connectivity index (χ2n) is 5.96. The minimum atomic E-state index is -1.18. The largest absolute Gasteiger partial charge is 0.480 e. The van der Waals surface area contributed by atoms with Crippen LogP contribution >= 0.6 is 12.4 Å². The van der Waals surface area contributed by atoms with Gasteiger partial charge < -0.3 is 19.9 Å². The number of benzene rings is 1. The van der Waals surface area contributed by atoms with Gasteiger partial charge in [-0.15, -0.1) is 12.4 Å². The average molecular weight is 346 g/mol. The molecule has 0 fully saturated rings. The van der Waals surface area contributed by atoms with Crippen LogP contribution in [-0.2, 0) is 20.9 Å². The summed E-state index contributed by atoms with van der Waals surface area (Å²) in [5.41, 5.74) is 0.312. The smallest absolute Gasteiger partial charge is 0.408 e. The summed E-state index contributed by atoms with van der Waals surface area (Å²) >= 11 is 0. The van der Waals surface area contributed by atoms with Crippen molar-refractivity contribution in [2.45, 2.75) is 52.0 Å². The Balaban J connectivity index is 0.00000484. The number of hydrogen-bond donors (Lipinski definition) is 2. The minimum absolute atomic E-state index is 0. The van der Waals surface area contributed by atoms with Gasteiger partial charge >= 0.3 is 12.1 Å². The predicted molar refractivity (Wildman–Crippen MR) is 88.7 cm³/mol. The maximum atomic E-state index is 11.7. The maximum absolute atomic E-state index is 11.7. The van der Waals surface area contributed by atoms with Crippen molar-refractivity contribution in [1.82, 2.24) is 5.32 Å². The fraction of sp³-hybridized carbons (Fsp3) is 0.500. The Hall–Kier alpha value is -1.79. The molecule has 2 atom stereocenters. The molecule has 2 N–H and O–H groups in total. The van der Waals surface area contributed by atoms with Crippen LogP contribution in [-0.4, -0.2) is 34.9 Å². The molecular weight excluding hydrogens is 322 g/mol. The van der Waals surface area contributed by atoms with Crippen LogP contribution in [0.25, 0.3) is 0 Å². The molecule has 23 heavy (non-hydrogen) atoms. The van der Waals surface area contributed by atoms with E-state index in [-0.39, 0.29) is 19.0 Å². The molecule has 0 aromatic heterocycles. The Bertz CT molecular complexity index is 501. The molecule has 1 aromatic carbocycles. The highest BCUT2D eigenvalue weighted by molar-refractivity contribution is 5.85. The third kappa shape index (κ3) is 8.42. The number of alkyl carbamates (subject to hydrolysis) is 1. The van der Waals surface area contributed by atoms with Gasteiger partial charge in [0.15, 0.2) is 6.04 Å². The molecule has 0 spiro atoms. The molecule has 130 valence electrons. The number of rotatable bonds is 6. The quantitative estimate of drug-likeness (QED) is 0.827. The maximum Gasteiger partial charge on any atom is 0.408 e. The molecule has 0 aliphatic rings. The average Bonchev–Trinajstić information content (AvgIpc) is 2.41. The van der Waals surface area contributed by atoms with E-state index in [1.54, 1.807) is 6.92 Å². The highest BCUT2D eigenvalue weighted by Gasteiger charge is 2.30. The van der Waals surface area contributed by atoms with Gasteiger partial charge in [0.2, 0.25) is 0 Å². The van der Waals surface area contributed by atoms with Gasteiger partial charge in [-0.25, -0.2) is 9.59 Å². The van der Waals surface area contributed by atoms with Gasteiger partial charge in [0.25, 0.3) is 0 Å². The fourth-order valence-electron chi connectivity index (χ4n) is 1.90. The van der Waals surface area contributed by atoms with Crippen LogP contribution in [0.2, 0.25) is 0 Å². The Morgan fingerprint density at radius 2 is 1.78 bits per heavy atom. The highest BCUT2D eigenvalue weighted by atomic mass is 35.5. The van der Waals surface area contributed by atoms with Crippen molar-refractivity contribution in [3.05, 3.63) is 35.9 Å². The molecule has 7 heteroatoms. The van der Waals surface area contributed by atoms with Crippen molar-refractivity contribution in [2.75, 3.05) is 0 Å². The minimum Gasteiger partial charge on any atom is -0.480 e. The lowest BCUT2D eigenvalue weighted by Gasteiger charge is -2.29. The Kier molecular flexibility index (Phi) is 8.64. The molecule has 0 heterocycles. The van der Waals surface area contributed by atoms with E-state index in [9.17, 15) is 14.7 Å². The fourth-order valence-corrected chi connectivity index (χ4v) is 1.90. The van der Waals surface area contributed by atoms with Gasteiger partial charge in [0.1, 0.15) is 6.61 Å². The highest BCUT2D eigenvalue weighted by Crippen LogP contribution is 2.13. The molecule has 0 saturated carbocycles. The lowest BCUT2D eigenvalue weighted by molar-refractivity contribution is -0.147. The van der Waals surface area contributed by atoms with Gasteiger partial charge in [-0.05, 0) is 33.3 Å². The second kappa shape index (κ2) is 9.37. The van der Waals surface area contributed by atoms with Crippen molar-refractivity contribution in [3.8, 4) is 0 Å². The van der Waals surface area contributed by atoms with Gasteiger partial charge in [-0.2, -0.15) is 0 Å². The first-order valence-electron chi connectivity index (χ1n) is 7.07. The summed E-state index contributed by atoms with van der Waals surface area (Å²) < 4.78 is 10.6. The van der Waals surface area contributed by atoms with Crippen LogP contribution in [0.5, 0.6) is 0 Å². The van der Waals surface area contributed by atoms with E-state index in [1.807, 2.05) is 51.1 Å². The van der Waals surface area contributed by atoms with E-state index in [0.29, 0.717) is 0 Å². The Labute approximate surface area is 142 Å². The summed E-state index contributed by atoms with van der Waals surface area (Å²) in [6.45, 7) is 7.12. The van der Waals surface area contributed by atoms with Crippen molar-refractivity contribution in [2.24, 2.45) is 0 Å². The third-order valence-corrected chi connectivity index (χ3v) is 2.76. The zero-order chi connectivity index (χ0) is 16.8. The van der Waals surface area contributed by atoms with Crippen molar-refractivity contribution in [1.29, 1.82) is 0 Å². The summed E-state index contributed by atoms with van der Waals surface area (Å²) in [5.74, 6) is -1.17. The van der Waals surface area contributed by atoms with E-state index in [4.69, 9.17) is 9.47 Å². The van der Waals surface area contributed by atoms with E-state index in [2.05, 4.69) is 5.32 Å². The van der Waals surface area contributed by atoms with Crippen molar-refractivity contribution >= 4 is 24.5 Å². The van der Waals surface area contributed by atoms with Crippen molar-refractivity contribution in [3.63, 3.8) is 0 Å². The Morgan fingerprint density at radius 3 is 2.26 bits per heavy atom. The summed E-state index contributed by atoms with van der Waals surface area (Å²) in [7, 11) is 0. The summed E-state index contributed by atoms with van der Waals surface area (Å²) in [5, 5.41) is 11.5. The Morgan fingerprint density at radius 1 is 1.22 bits per heavy atom. The van der Waals surface area contributed by atoms with Crippen LogP contribution < -0.4 is 5.32 Å². The van der Waals surface area contributed by atoms with E-state index in [1.165, 1.54) is 0 Å². The van der Waals surface area contributed by atoms with Crippen LogP contribution in [0.1, 0.15) is 33.3 Å². The van der Waals surface area contributed by atoms with Crippen LogP contribution in [0.15, 0.2) is 30.3 Å². The first-order valence-corrected chi connectivity index (χ1v) is 7.07. The number of carboxylic acids is 1. The lowest BCUT2D eigenvalue weighted by Crippen LogP contribution is -2.50. The summed E-state index contributed by atoms with van der Waals surface area (Å²) in [4.78, 5) is 23.0. The number of ether oxygens (including phenoxy) is 2. The molecule has 0 bridgehead atoms. The van der Waals surface area contributed by atoms with E-state index < -0.39 is 29.8 Å². The predicted octanol–water partition coefficient (Wildman–Crippen LogP) is 2.99. The number of hydrogen-bond acceptors (Lipinski definition) is 4.